The monoisotopic (exact) mass is 378 g/mol. The summed E-state index contributed by atoms with van der Waals surface area (Å²) in [5.41, 5.74) is 1.18. The standard InChI is InChI=1S/C17H28N2O3S.K/c1-2-3-4-5-6-7-8-9-14-17-18-15-12-10-11-13-16(15)19(17)23(20,21)22;/h10-13,17-18H,2-9,14H2,1H3,(H,20,21,22);/q;+1/p-1. The molecule has 0 fully saturated rings. The number of para-hydroxylation sites is 2. The van der Waals surface area contributed by atoms with Gasteiger partial charge in [-0.1, -0.05) is 64.0 Å². The number of benzene rings is 1. The van der Waals surface area contributed by atoms with Crippen LogP contribution in [0.2, 0.25) is 0 Å². The second kappa shape index (κ2) is 11.2. The minimum atomic E-state index is -4.50. The van der Waals surface area contributed by atoms with E-state index in [9.17, 15) is 13.0 Å². The molecule has 7 heteroatoms. The van der Waals surface area contributed by atoms with Crippen LogP contribution in [-0.4, -0.2) is 19.1 Å². The molecule has 1 aromatic carbocycles. The van der Waals surface area contributed by atoms with E-state index in [0.29, 0.717) is 12.1 Å². The third-order valence-corrected chi connectivity index (χ3v) is 5.25. The maximum Gasteiger partial charge on any atom is 1.00 e. The predicted octanol–water partition coefficient (Wildman–Crippen LogP) is 1.24. The second-order valence-electron chi connectivity index (χ2n) is 6.19. The van der Waals surface area contributed by atoms with Crippen LogP contribution < -0.4 is 61.0 Å². The SMILES string of the molecule is CCCCCCCCCCC1Nc2ccccc2N1S(=O)(=O)[O-].[K+]. The van der Waals surface area contributed by atoms with E-state index in [1.54, 1.807) is 18.2 Å². The van der Waals surface area contributed by atoms with Gasteiger partial charge in [0.2, 0.25) is 0 Å². The molecular formula is C17H27KN2O3S. The molecule has 1 aliphatic heterocycles. The first-order chi connectivity index (χ1) is 11.0. The van der Waals surface area contributed by atoms with Crippen molar-refractivity contribution in [3.05, 3.63) is 24.3 Å². The summed E-state index contributed by atoms with van der Waals surface area (Å²) in [6.45, 7) is 2.21. The van der Waals surface area contributed by atoms with E-state index in [0.717, 1.165) is 22.8 Å². The fourth-order valence-corrected chi connectivity index (χ4v) is 4.00. The zero-order valence-electron chi connectivity index (χ0n) is 14.8. The third kappa shape index (κ3) is 6.59. The Labute approximate surface area is 188 Å². The van der Waals surface area contributed by atoms with Crippen molar-refractivity contribution in [2.45, 2.75) is 70.9 Å². The first-order valence-electron chi connectivity index (χ1n) is 8.65. The summed E-state index contributed by atoms with van der Waals surface area (Å²) in [7, 11) is -4.50. The molecule has 0 amide bonds. The predicted molar refractivity (Wildman–Crippen MR) is 93.3 cm³/mol. The summed E-state index contributed by atoms with van der Waals surface area (Å²) < 4.78 is 35.7. The van der Waals surface area contributed by atoms with Gasteiger partial charge in [-0.15, -0.1) is 0 Å². The van der Waals surface area contributed by atoms with Crippen LogP contribution in [0.25, 0.3) is 0 Å². The molecule has 1 aliphatic rings. The fraction of sp³-hybridized carbons (Fsp3) is 0.647. The van der Waals surface area contributed by atoms with Crippen LogP contribution in [0.5, 0.6) is 0 Å². The van der Waals surface area contributed by atoms with Gasteiger partial charge in [-0.2, -0.15) is 0 Å². The third-order valence-electron chi connectivity index (χ3n) is 4.32. The van der Waals surface area contributed by atoms with Gasteiger partial charge in [0, 0.05) is 0 Å². The molecule has 1 unspecified atom stereocenters. The summed E-state index contributed by atoms with van der Waals surface area (Å²) in [5, 5.41) is 3.16. The Morgan fingerprint density at radius 1 is 1.04 bits per heavy atom. The maximum atomic E-state index is 11.6. The van der Waals surface area contributed by atoms with E-state index in [2.05, 4.69) is 12.2 Å². The Hall–Kier alpha value is 0.366. The van der Waals surface area contributed by atoms with Crippen LogP contribution in [0, 0.1) is 0 Å². The van der Waals surface area contributed by atoms with Crippen molar-refractivity contribution < 1.29 is 64.4 Å². The van der Waals surface area contributed by atoms with E-state index >= 15 is 0 Å². The van der Waals surface area contributed by atoms with E-state index in [-0.39, 0.29) is 51.4 Å². The van der Waals surface area contributed by atoms with Gasteiger partial charge >= 0.3 is 51.4 Å². The van der Waals surface area contributed by atoms with Crippen LogP contribution >= 0.6 is 0 Å². The quantitative estimate of drug-likeness (QED) is 0.378. The van der Waals surface area contributed by atoms with E-state index in [4.69, 9.17) is 0 Å². The summed E-state index contributed by atoms with van der Waals surface area (Å²) >= 11 is 0. The first kappa shape index (κ1) is 22.4. The van der Waals surface area contributed by atoms with Crippen LogP contribution in [0.4, 0.5) is 11.4 Å². The van der Waals surface area contributed by atoms with Crippen molar-refractivity contribution in [2.24, 2.45) is 0 Å². The molecule has 1 aromatic rings. The Kier molecular flexibility index (Phi) is 10.4. The number of hydrogen-bond acceptors (Lipinski definition) is 4. The summed E-state index contributed by atoms with van der Waals surface area (Å²) in [5.74, 6) is 0. The molecule has 0 saturated heterocycles. The Balaban J connectivity index is 0.00000288. The molecule has 24 heavy (non-hydrogen) atoms. The molecule has 5 nitrogen and oxygen atoms in total. The average Bonchev–Trinajstić information content (AvgIpc) is 2.88. The number of unbranched alkanes of at least 4 members (excludes halogenated alkanes) is 7. The Morgan fingerprint density at radius 2 is 1.62 bits per heavy atom. The van der Waals surface area contributed by atoms with Crippen LogP contribution in [-0.2, 0) is 10.3 Å². The minimum Gasteiger partial charge on any atom is -0.731 e. The van der Waals surface area contributed by atoms with Gasteiger partial charge < -0.3 is 9.87 Å². The topological polar surface area (TPSA) is 72.5 Å². The summed E-state index contributed by atoms with van der Waals surface area (Å²) in [4.78, 5) is 0. The average molecular weight is 379 g/mol. The fourth-order valence-electron chi connectivity index (χ4n) is 3.13. The molecule has 0 aromatic heterocycles. The Morgan fingerprint density at radius 3 is 2.25 bits per heavy atom. The van der Waals surface area contributed by atoms with Crippen molar-refractivity contribution in [3.63, 3.8) is 0 Å². The van der Waals surface area contributed by atoms with Gasteiger partial charge in [0.25, 0.3) is 0 Å². The van der Waals surface area contributed by atoms with Crippen LogP contribution in [0.3, 0.4) is 0 Å². The molecule has 1 N–H and O–H groups in total. The molecule has 1 atom stereocenters. The molecule has 1 heterocycles. The summed E-state index contributed by atoms with van der Waals surface area (Å²) in [6.07, 6.45) is 9.77. The van der Waals surface area contributed by atoms with Gasteiger partial charge in [0.15, 0.2) is 10.3 Å². The molecule has 0 spiro atoms. The molecule has 130 valence electrons. The number of nitrogens with zero attached hydrogens (tertiary/aromatic N) is 1. The van der Waals surface area contributed by atoms with Crippen LogP contribution in [0.15, 0.2) is 24.3 Å². The van der Waals surface area contributed by atoms with Crippen molar-refractivity contribution in [3.8, 4) is 0 Å². The molecule has 2 rings (SSSR count). The normalized spacial score (nSPS) is 16.4. The maximum absolute atomic E-state index is 11.6. The van der Waals surface area contributed by atoms with Crippen LogP contribution in [0.1, 0.15) is 64.7 Å². The van der Waals surface area contributed by atoms with Gasteiger partial charge in [-0.25, -0.2) is 8.42 Å². The van der Waals surface area contributed by atoms with E-state index in [1.807, 2.05) is 6.07 Å². The summed E-state index contributed by atoms with van der Waals surface area (Å²) in [6, 6.07) is 7.06. The number of anilines is 2. The number of fused-ring (bicyclic) bond motifs is 1. The molecule has 0 aliphatic carbocycles. The molecule has 0 bridgehead atoms. The molecule has 0 radical (unpaired) electrons. The number of rotatable bonds is 10. The first-order valence-corrected chi connectivity index (χ1v) is 10.0. The zero-order valence-corrected chi connectivity index (χ0v) is 18.8. The zero-order chi connectivity index (χ0) is 16.7. The second-order valence-corrected chi connectivity index (χ2v) is 7.44. The van der Waals surface area contributed by atoms with Gasteiger partial charge in [-0.05, 0) is 25.0 Å². The van der Waals surface area contributed by atoms with Crippen molar-refractivity contribution in [1.29, 1.82) is 0 Å². The minimum absolute atomic E-state index is 0. The van der Waals surface area contributed by atoms with Gasteiger partial charge in [-0.3, -0.25) is 4.31 Å². The Bertz CT molecular complexity index is 595. The van der Waals surface area contributed by atoms with E-state index < -0.39 is 16.5 Å². The largest absolute Gasteiger partial charge is 1.00 e. The van der Waals surface area contributed by atoms with Crippen molar-refractivity contribution >= 4 is 21.7 Å². The molecule has 0 saturated carbocycles. The number of hydrogen-bond donors (Lipinski definition) is 1. The van der Waals surface area contributed by atoms with Crippen molar-refractivity contribution in [2.75, 3.05) is 9.62 Å². The smallest absolute Gasteiger partial charge is 0.731 e. The van der Waals surface area contributed by atoms with E-state index in [1.165, 1.54) is 38.5 Å². The number of nitrogens with one attached hydrogen (secondary N) is 1. The van der Waals surface area contributed by atoms with Gasteiger partial charge in [0.05, 0.1) is 11.4 Å². The van der Waals surface area contributed by atoms with Gasteiger partial charge in [0.1, 0.15) is 6.17 Å². The van der Waals surface area contributed by atoms with Crippen molar-refractivity contribution in [1.82, 2.24) is 0 Å². The molecular weight excluding hydrogens is 351 g/mol.